The smallest absolute Gasteiger partial charge is 0.231 e. The molecule has 2 aliphatic heterocycles. The number of aromatic hydroxyl groups is 1. The summed E-state index contributed by atoms with van der Waals surface area (Å²) in [5, 5.41) is 12.4. The van der Waals surface area contributed by atoms with Crippen LogP contribution in [0.25, 0.3) is 0 Å². The fourth-order valence-corrected chi connectivity index (χ4v) is 2.88. The van der Waals surface area contributed by atoms with Gasteiger partial charge in [0.15, 0.2) is 11.5 Å². The van der Waals surface area contributed by atoms with Gasteiger partial charge in [0, 0.05) is 24.1 Å². The molecular formula is C16H13NO4. The number of carbonyl (C=O) groups is 1. The topological polar surface area (TPSA) is 67.8 Å². The molecule has 0 aromatic heterocycles. The lowest BCUT2D eigenvalue weighted by atomic mass is 9.84. The molecule has 1 atom stereocenters. The van der Waals surface area contributed by atoms with Crippen molar-refractivity contribution in [2.24, 2.45) is 0 Å². The van der Waals surface area contributed by atoms with Gasteiger partial charge in [-0.25, -0.2) is 0 Å². The highest BCUT2D eigenvalue weighted by molar-refractivity contribution is 5.95. The van der Waals surface area contributed by atoms with E-state index < -0.39 is 0 Å². The highest BCUT2D eigenvalue weighted by Gasteiger charge is 2.28. The van der Waals surface area contributed by atoms with Crippen molar-refractivity contribution in [3.05, 3.63) is 47.5 Å². The minimum atomic E-state index is -0.0595. The largest absolute Gasteiger partial charge is 0.508 e. The predicted molar refractivity (Wildman–Crippen MR) is 75.8 cm³/mol. The summed E-state index contributed by atoms with van der Waals surface area (Å²) in [5.74, 6) is 1.46. The van der Waals surface area contributed by atoms with Gasteiger partial charge in [0.1, 0.15) is 5.75 Å². The minimum Gasteiger partial charge on any atom is -0.508 e. The quantitative estimate of drug-likeness (QED) is 0.844. The van der Waals surface area contributed by atoms with Crippen molar-refractivity contribution >= 4 is 11.6 Å². The summed E-state index contributed by atoms with van der Waals surface area (Å²) >= 11 is 0. The molecule has 0 unspecified atom stereocenters. The van der Waals surface area contributed by atoms with Crippen molar-refractivity contribution in [3.63, 3.8) is 0 Å². The number of anilines is 1. The summed E-state index contributed by atoms with van der Waals surface area (Å²) in [6.07, 6.45) is 0.372. The molecule has 0 saturated heterocycles. The van der Waals surface area contributed by atoms with Crippen molar-refractivity contribution < 1.29 is 19.4 Å². The molecule has 2 heterocycles. The Bertz CT molecular complexity index is 741. The Hall–Kier alpha value is -2.69. The lowest BCUT2D eigenvalue weighted by Crippen LogP contribution is -2.23. The molecule has 2 aromatic rings. The van der Waals surface area contributed by atoms with Gasteiger partial charge in [0.2, 0.25) is 12.7 Å². The van der Waals surface area contributed by atoms with E-state index in [-0.39, 0.29) is 24.4 Å². The third-order valence-corrected chi connectivity index (χ3v) is 3.87. The standard InChI is InChI=1S/C16H13NO4/c18-10-2-3-11-12(7-16(19)17-13(11)6-10)9-1-4-14-15(5-9)21-8-20-14/h1-6,12,18H,7-8H2,(H,17,19)/t12-/m1/s1. The molecule has 2 N–H and O–H groups in total. The maximum Gasteiger partial charge on any atom is 0.231 e. The van der Waals surface area contributed by atoms with Crippen LogP contribution in [0.5, 0.6) is 17.2 Å². The Kier molecular flexibility index (Phi) is 2.54. The molecule has 1 amide bonds. The van der Waals surface area contributed by atoms with Gasteiger partial charge in [-0.15, -0.1) is 0 Å². The maximum atomic E-state index is 11.9. The van der Waals surface area contributed by atoms with Crippen molar-refractivity contribution in [3.8, 4) is 17.2 Å². The van der Waals surface area contributed by atoms with Gasteiger partial charge in [-0.3, -0.25) is 4.79 Å². The van der Waals surface area contributed by atoms with Crippen LogP contribution in [-0.2, 0) is 4.79 Å². The van der Waals surface area contributed by atoms with Crippen LogP contribution in [0.4, 0.5) is 5.69 Å². The maximum absolute atomic E-state index is 11.9. The average molecular weight is 283 g/mol. The molecule has 21 heavy (non-hydrogen) atoms. The van der Waals surface area contributed by atoms with Crippen molar-refractivity contribution in [1.82, 2.24) is 0 Å². The molecule has 106 valence electrons. The fourth-order valence-electron chi connectivity index (χ4n) is 2.88. The SMILES string of the molecule is O=C1C[C@H](c2ccc3c(c2)OCO3)c2ccc(O)cc2N1. The summed E-state index contributed by atoms with van der Waals surface area (Å²) in [6.45, 7) is 0.231. The van der Waals surface area contributed by atoms with Gasteiger partial charge < -0.3 is 19.9 Å². The zero-order valence-corrected chi connectivity index (χ0v) is 11.1. The van der Waals surface area contributed by atoms with Gasteiger partial charge in [-0.2, -0.15) is 0 Å². The van der Waals surface area contributed by atoms with Gasteiger partial charge in [0.05, 0.1) is 0 Å². The number of phenols is 1. The summed E-state index contributed by atoms with van der Waals surface area (Å²) in [7, 11) is 0. The zero-order valence-electron chi connectivity index (χ0n) is 11.1. The number of hydrogen-bond acceptors (Lipinski definition) is 4. The van der Waals surface area contributed by atoms with E-state index in [0.29, 0.717) is 17.9 Å². The van der Waals surface area contributed by atoms with E-state index in [2.05, 4.69) is 5.32 Å². The summed E-state index contributed by atoms with van der Waals surface area (Å²) in [6, 6.07) is 10.8. The molecule has 0 saturated carbocycles. The number of phenolic OH excluding ortho intramolecular Hbond substituents is 1. The van der Waals surface area contributed by atoms with Crippen LogP contribution in [0.15, 0.2) is 36.4 Å². The Morgan fingerprint density at radius 1 is 1.10 bits per heavy atom. The highest BCUT2D eigenvalue weighted by atomic mass is 16.7. The first-order valence-corrected chi connectivity index (χ1v) is 6.73. The number of fused-ring (bicyclic) bond motifs is 2. The third-order valence-electron chi connectivity index (χ3n) is 3.87. The van der Waals surface area contributed by atoms with Crippen molar-refractivity contribution in [2.75, 3.05) is 12.1 Å². The monoisotopic (exact) mass is 283 g/mol. The van der Waals surface area contributed by atoms with E-state index in [1.54, 1.807) is 12.1 Å². The number of nitrogens with one attached hydrogen (secondary N) is 1. The molecule has 0 fully saturated rings. The number of benzene rings is 2. The van der Waals surface area contributed by atoms with Crippen LogP contribution in [0.2, 0.25) is 0 Å². The molecule has 4 rings (SSSR count). The second-order valence-electron chi connectivity index (χ2n) is 5.19. The molecule has 5 nitrogen and oxygen atoms in total. The normalized spacial score (nSPS) is 19.0. The van der Waals surface area contributed by atoms with E-state index in [1.165, 1.54) is 0 Å². The van der Waals surface area contributed by atoms with E-state index >= 15 is 0 Å². The van der Waals surface area contributed by atoms with Crippen LogP contribution < -0.4 is 14.8 Å². The fraction of sp³-hybridized carbons (Fsp3) is 0.188. The van der Waals surface area contributed by atoms with Gasteiger partial charge >= 0.3 is 0 Å². The van der Waals surface area contributed by atoms with E-state index in [0.717, 1.165) is 16.9 Å². The second kappa shape index (κ2) is 4.41. The van der Waals surface area contributed by atoms with E-state index in [9.17, 15) is 9.90 Å². The molecule has 0 radical (unpaired) electrons. The van der Waals surface area contributed by atoms with Gasteiger partial charge in [0.25, 0.3) is 0 Å². The first kappa shape index (κ1) is 12.1. The molecule has 2 aromatic carbocycles. The highest BCUT2D eigenvalue weighted by Crippen LogP contribution is 2.42. The third kappa shape index (κ3) is 1.98. The molecular weight excluding hydrogens is 270 g/mol. The lowest BCUT2D eigenvalue weighted by molar-refractivity contribution is -0.116. The van der Waals surface area contributed by atoms with Crippen molar-refractivity contribution in [2.45, 2.75) is 12.3 Å². The summed E-state index contributed by atoms with van der Waals surface area (Å²) in [4.78, 5) is 11.9. The minimum absolute atomic E-state index is 0.0520. The van der Waals surface area contributed by atoms with Gasteiger partial charge in [-0.05, 0) is 29.3 Å². The molecule has 2 aliphatic rings. The molecule has 0 bridgehead atoms. The van der Waals surface area contributed by atoms with E-state index in [4.69, 9.17) is 9.47 Å². The molecule has 0 aliphatic carbocycles. The van der Waals surface area contributed by atoms with Crippen molar-refractivity contribution in [1.29, 1.82) is 0 Å². The Morgan fingerprint density at radius 2 is 1.95 bits per heavy atom. The average Bonchev–Trinajstić information content (AvgIpc) is 2.93. The lowest BCUT2D eigenvalue weighted by Gasteiger charge is -2.26. The summed E-state index contributed by atoms with van der Waals surface area (Å²) < 4.78 is 10.7. The Morgan fingerprint density at radius 3 is 2.86 bits per heavy atom. The predicted octanol–water partition coefficient (Wildman–Crippen LogP) is 2.60. The van der Waals surface area contributed by atoms with Crippen LogP contribution in [-0.4, -0.2) is 17.8 Å². The summed E-state index contributed by atoms with van der Waals surface area (Å²) in [5.41, 5.74) is 2.65. The van der Waals surface area contributed by atoms with Crippen LogP contribution in [0.3, 0.4) is 0 Å². The molecule has 5 heteroatoms. The second-order valence-corrected chi connectivity index (χ2v) is 5.19. The van der Waals surface area contributed by atoms with Crippen LogP contribution in [0, 0.1) is 0 Å². The number of hydrogen-bond donors (Lipinski definition) is 2. The number of carbonyl (C=O) groups excluding carboxylic acids is 1. The Balaban J connectivity index is 1.80. The van der Waals surface area contributed by atoms with Crippen LogP contribution in [0.1, 0.15) is 23.5 Å². The number of ether oxygens (including phenoxy) is 2. The zero-order chi connectivity index (χ0) is 14.4. The number of rotatable bonds is 1. The van der Waals surface area contributed by atoms with Gasteiger partial charge in [-0.1, -0.05) is 12.1 Å². The first-order valence-electron chi connectivity index (χ1n) is 6.73. The van der Waals surface area contributed by atoms with E-state index in [1.807, 2.05) is 24.3 Å². The molecule has 0 spiro atoms. The Labute approximate surface area is 121 Å². The number of amides is 1. The first-order chi connectivity index (χ1) is 10.2. The van der Waals surface area contributed by atoms with Crippen LogP contribution >= 0.6 is 0 Å².